The van der Waals surface area contributed by atoms with Crippen molar-refractivity contribution in [1.29, 1.82) is 0 Å². The molecule has 0 bridgehead atoms. The lowest BCUT2D eigenvalue weighted by molar-refractivity contribution is -0.139. The molecule has 21 heavy (non-hydrogen) atoms. The fraction of sp³-hybridized carbons (Fsp3) is 0.467. The Kier molecular flexibility index (Phi) is 5.43. The van der Waals surface area contributed by atoms with Gasteiger partial charge in [-0.15, -0.1) is 0 Å². The second kappa shape index (κ2) is 7.52. The summed E-state index contributed by atoms with van der Waals surface area (Å²) >= 11 is 0. The highest BCUT2D eigenvalue weighted by Gasteiger charge is 2.16. The van der Waals surface area contributed by atoms with Crippen LogP contribution in [0.3, 0.4) is 0 Å². The van der Waals surface area contributed by atoms with Crippen LogP contribution in [-0.4, -0.2) is 29.8 Å². The summed E-state index contributed by atoms with van der Waals surface area (Å²) in [7, 11) is 0. The van der Waals surface area contributed by atoms with E-state index in [4.69, 9.17) is 9.84 Å². The molecule has 3 N–H and O–H groups in total. The van der Waals surface area contributed by atoms with E-state index in [0.29, 0.717) is 11.4 Å². The summed E-state index contributed by atoms with van der Waals surface area (Å²) in [6.07, 6.45) is 5.52. The second-order valence-electron chi connectivity index (χ2n) is 5.11. The van der Waals surface area contributed by atoms with E-state index >= 15 is 0 Å². The molecule has 0 radical (unpaired) electrons. The van der Waals surface area contributed by atoms with Crippen molar-refractivity contribution in [2.24, 2.45) is 0 Å². The van der Waals surface area contributed by atoms with E-state index in [-0.39, 0.29) is 12.1 Å². The Hall–Kier alpha value is -2.24. The fourth-order valence-electron chi connectivity index (χ4n) is 2.43. The van der Waals surface area contributed by atoms with Gasteiger partial charge in [-0.3, -0.25) is 0 Å². The number of carbonyl (C=O) groups is 2. The number of aliphatic carboxylic acids is 1. The average Bonchev–Trinajstić information content (AvgIpc) is 2.47. The molecule has 0 aliphatic heterocycles. The quantitative estimate of drug-likeness (QED) is 0.778. The maximum atomic E-state index is 12.0. The molecule has 0 saturated heterocycles. The van der Waals surface area contributed by atoms with Gasteiger partial charge in [0.05, 0.1) is 5.69 Å². The number of hydrogen-bond acceptors (Lipinski definition) is 3. The number of rotatable bonds is 5. The summed E-state index contributed by atoms with van der Waals surface area (Å²) < 4.78 is 5.15. The molecule has 1 saturated carbocycles. The third-order valence-corrected chi connectivity index (χ3v) is 3.43. The molecule has 1 aliphatic carbocycles. The molecular formula is C15H20N2O4. The van der Waals surface area contributed by atoms with Crippen LogP contribution in [0.15, 0.2) is 24.3 Å². The highest BCUT2D eigenvalue weighted by Crippen LogP contribution is 2.24. The van der Waals surface area contributed by atoms with Gasteiger partial charge in [-0.2, -0.15) is 0 Å². The summed E-state index contributed by atoms with van der Waals surface area (Å²) in [5.74, 6) is -0.713. The van der Waals surface area contributed by atoms with E-state index in [1.54, 1.807) is 24.3 Å². The molecule has 1 fully saturated rings. The molecule has 0 unspecified atom stereocenters. The average molecular weight is 292 g/mol. The van der Waals surface area contributed by atoms with Crippen LogP contribution in [0, 0.1) is 0 Å². The summed E-state index contributed by atoms with van der Waals surface area (Å²) in [5, 5.41) is 14.3. The van der Waals surface area contributed by atoms with E-state index in [0.717, 1.165) is 25.7 Å². The number of amides is 2. The van der Waals surface area contributed by atoms with Crippen LogP contribution < -0.4 is 15.4 Å². The third kappa shape index (κ3) is 4.98. The molecule has 0 spiro atoms. The molecule has 114 valence electrons. The van der Waals surface area contributed by atoms with Gasteiger partial charge in [0, 0.05) is 6.04 Å². The highest BCUT2D eigenvalue weighted by atomic mass is 16.5. The molecule has 0 atom stereocenters. The molecule has 6 heteroatoms. The maximum Gasteiger partial charge on any atom is 0.341 e. The van der Waals surface area contributed by atoms with E-state index < -0.39 is 12.6 Å². The Morgan fingerprint density at radius 1 is 1.19 bits per heavy atom. The molecule has 1 aliphatic rings. The lowest BCUT2D eigenvalue weighted by Crippen LogP contribution is -2.39. The Morgan fingerprint density at radius 2 is 1.90 bits per heavy atom. The molecule has 2 amide bonds. The van der Waals surface area contributed by atoms with Crippen molar-refractivity contribution in [1.82, 2.24) is 5.32 Å². The van der Waals surface area contributed by atoms with Crippen LogP contribution in [-0.2, 0) is 4.79 Å². The standard InChI is InChI=1S/C15H20N2O4/c18-14(19)10-21-13-9-5-4-8-12(13)17-15(20)16-11-6-2-1-3-7-11/h4-5,8-9,11H,1-3,6-7,10H2,(H,18,19)(H2,16,17,20). The van der Waals surface area contributed by atoms with Crippen molar-refractivity contribution >= 4 is 17.7 Å². The molecule has 0 aromatic heterocycles. The van der Waals surface area contributed by atoms with Gasteiger partial charge in [0.25, 0.3) is 0 Å². The van der Waals surface area contributed by atoms with Gasteiger partial charge in [0.15, 0.2) is 6.61 Å². The first-order valence-electron chi connectivity index (χ1n) is 7.16. The van der Waals surface area contributed by atoms with Gasteiger partial charge < -0.3 is 20.5 Å². The Balaban J connectivity index is 1.91. The summed E-state index contributed by atoms with van der Waals surface area (Å²) in [6, 6.07) is 6.71. The predicted molar refractivity (Wildman–Crippen MR) is 78.6 cm³/mol. The first kappa shape index (κ1) is 15.2. The van der Waals surface area contributed by atoms with Crippen molar-refractivity contribution in [2.45, 2.75) is 38.1 Å². The first-order valence-corrected chi connectivity index (χ1v) is 7.16. The SMILES string of the molecule is O=C(O)COc1ccccc1NC(=O)NC1CCCCC1. The van der Waals surface area contributed by atoms with E-state index in [2.05, 4.69) is 10.6 Å². The summed E-state index contributed by atoms with van der Waals surface area (Å²) in [5.41, 5.74) is 0.465. The van der Waals surface area contributed by atoms with Crippen LogP contribution in [0.2, 0.25) is 0 Å². The van der Waals surface area contributed by atoms with Crippen molar-refractivity contribution in [3.63, 3.8) is 0 Å². The number of benzene rings is 1. The van der Waals surface area contributed by atoms with Crippen molar-refractivity contribution in [3.8, 4) is 5.75 Å². The minimum atomic E-state index is -1.06. The molecule has 2 rings (SSSR count). The van der Waals surface area contributed by atoms with Crippen molar-refractivity contribution in [2.75, 3.05) is 11.9 Å². The van der Waals surface area contributed by atoms with Crippen LogP contribution in [0.25, 0.3) is 0 Å². The molecule has 0 heterocycles. The van der Waals surface area contributed by atoms with Gasteiger partial charge in [-0.05, 0) is 25.0 Å². The van der Waals surface area contributed by atoms with Crippen molar-refractivity contribution < 1.29 is 19.4 Å². The summed E-state index contributed by atoms with van der Waals surface area (Å²) in [4.78, 5) is 22.5. The monoisotopic (exact) mass is 292 g/mol. The number of para-hydroxylation sites is 2. The Morgan fingerprint density at radius 3 is 2.62 bits per heavy atom. The minimum absolute atomic E-state index is 0.214. The van der Waals surface area contributed by atoms with E-state index in [1.807, 2.05) is 0 Å². The van der Waals surface area contributed by atoms with E-state index in [9.17, 15) is 9.59 Å². The maximum absolute atomic E-state index is 12.0. The van der Waals surface area contributed by atoms with Gasteiger partial charge in [0.1, 0.15) is 5.75 Å². The number of carboxylic acids is 1. The zero-order valence-electron chi connectivity index (χ0n) is 11.8. The van der Waals surface area contributed by atoms with Crippen LogP contribution in [0.1, 0.15) is 32.1 Å². The lowest BCUT2D eigenvalue weighted by atomic mass is 9.96. The Labute approximate surface area is 123 Å². The van der Waals surface area contributed by atoms with Crippen molar-refractivity contribution in [3.05, 3.63) is 24.3 Å². The first-order chi connectivity index (χ1) is 10.1. The number of urea groups is 1. The number of carbonyl (C=O) groups excluding carboxylic acids is 1. The van der Waals surface area contributed by atoms with Gasteiger partial charge in [0.2, 0.25) is 0 Å². The van der Waals surface area contributed by atoms with Gasteiger partial charge >= 0.3 is 12.0 Å². The molecule has 6 nitrogen and oxygen atoms in total. The lowest BCUT2D eigenvalue weighted by Gasteiger charge is -2.23. The number of anilines is 1. The minimum Gasteiger partial charge on any atom is -0.480 e. The second-order valence-corrected chi connectivity index (χ2v) is 5.11. The number of ether oxygens (including phenoxy) is 1. The van der Waals surface area contributed by atoms with E-state index in [1.165, 1.54) is 6.42 Å². The van der Waals surface area contributed by atoms with Gasteiger partial charge in [-0.1, -0.05) is 31.4 Å². The highest BCUT2D eigenvalue weighted by molar-refractivity contribution is 5.91. The normalized spacial score (nSPS) is 15.2. The fourth-order valence-corrected chi connectivity index (χ4v) is 2.43. The number of hydrogen-bond donors (Lipinski definition) is 3. The molecule has 1 aromatic carbocycles. The molecule has 1 aromatic rings. The van der Waals surface area contributed by atoms with Crippen LogP contribution >= 0.6 is 0 Å². The van der Waals surface area contributed by atoms with Gasteiger partial charge in [-0.25, -0.2) is 9.59 Å². The third-order valence-electron chi connectivity index (χ3n) is 3.43. The zero-order chi connectivity index (χ0) is 15.1. The predicted octanol–water partition coefficient (Wildman–Crippen LogP) is 2.60. The molecular weight excluding hydrogens is 272 g/mol. The topological polar surface area (TPSA) is 87.7 Å². The van der Waals surface area contributed by atoms with Crippen LogP contribution in [0.4, 0.5) is 10.5 Å². The Bertz CT molecular complexity index is 498. The summed E-state index contributed by atoms with van der Waals surface area (Å²) in [6.45, 7) is -0.442. The number of carboxylic acid groups (broad SMARTS) is 1. The largest absolute Gasteiger partial charge is 0.480 e. The zero-order valence-corrected chi connectivity index (χ0v) is 11.8. The smallest absolute Gasteiger partial charge is 0.341 e. The number of nitrogens with one attached hydrogen (secondary N) is 2. The van der Waals surface area contributed by atoms with Crippen LogP contribution in [0.5, 0.6) is 5.75 Å².